The van der Waals surface area contributed by atoms with E-state index in [0.717, 1.165) is 0 Å². The zero-order chi connectivity index (χ0) is 16.6. The first-order valence-electron chi connectivity index (χ1n) is 6.86. The molecule has 10 heteroatoms. The maximum atomic E-state index is 10.2. The zero-order valence-corrected chi connectivity index (χ0v) is 12.0. The predicted molar refractivity (Wildman–Crippen MR) is 80.1 cm³/mol. The van der Waals surface area contributed by atoms with Gasteiger partial charge in [-0.25, -0.2) is 15.0 Å². The van der Waals surface area contributed by atoms with Gasteiger partial charge < -0.3 is 31.1 Å². The highest BCUT2D eigenvalue weighted by molar-refractivity contribution is 5.84. The number of ether oxygens (including phenoxy) is 1. The minimum Gasteiger partial charge on any atom is -0.394 e. The van der Waals surface area contributed by atoms with Crippen LogP contribution in [0.2, 0.25) is 0 Å². The fourth-order valence-electron chi connectivity index (χ4n) is 2.52. The highest BCUT2D eigenvalue weighted by Crippen LogP contribution is 2.34. The average molecular weight is 320 g/mol. The molecule has 2 unspecified atom stereocenters. The van der Waals surface area contributed by atoms with Crippen molar-refractivity contribution in [3.8, 4) is 12.3 Å². The van der Waals surface area contributed by atoms with Gasteiger partial charge in [-0.2, -0.15) is 0 Å². The molecule has 0 aliphatic carbocycles. The zero-order valence-electron chi connectivity index (χ0n) is 12.0. The van der Waals surface area contributed by atoms with Crippen molar-refractivity contribution in [2.45, 2.75) is 24.5 Å². The molecule has 0 aromatic carbocycles. The molecule has 3 rings (SSSR count). The number of nitrogens with zero attached hydrogens (tertiary/aromatic N) is 4. The number of nitrogens with two attached hydrogens (primary N) is 1. The molecule has 0 bridgehead atoms. The van der Waals surface area contributed by atoms with Gasteiger partial charge in [0.25, 0.3) is 0 Å². The molecular weight excluding hydrogens is 304 g/mol. The van der Waals surface area contributed by atoms with Crippen LogP contribution in [-0.2, 0) is 4.74 Å². The van der Waals surface area contributed by atoms with Gasteiger partial charge in [-0.15, -0.1) is 6.42 Å². The van der Waals surface area contributed by atoms with Gasteiger partial charge in [0.05, 0.1) is 13.2 Å². The summed E-state index contributed by atoms with van der Waals surface area (Å²) in [6.07, 6.45) is 2.02. The number of nitrogens with one attached hydrogen (secondary N) is 1. The van der Waals surface area contributed by atoms with Crippen LogP contribution in [-0.4, -0.2) is 66.3 Å². The third kappa shape index (κ3) is 2.45. The van der Waals surface area contributed by atoms with E-state index in [2.05, 4.69) is 26.2 Å². The molecule has 1 fully saturated rings. The van der Waals surface area contributed by atoms with E-state index in [1.807, 2.05) is 0 Å². The molecule has 1 aliphatic rings. The molecule has 2 aromatic rings. The maximum absolute atomic E-state index is 10.2. The highest BCUT2D eigenvalue weighted by atomic mass is 16.6. The van der Waals surface area contributed by atoms with Crippen molar-refractivity contribution >= 4 is 22.9 Å². The number of anilines is 2. The van der Waals surface area contributed by atoms with Crippen molar-refractivity contribution in [3.05, 3.63) is 6.33 Å². The third-order valence-corrected chi connectivity index (χ3v) is 3.63. The molecule has 0 amide bonds. The molecular formula is C13H16N6O4. The molecule has 4 atom stereocenters. The summed E-state index contributed by atoms with van der Waals surface area (Å²) < 4.78 is 6.97. The first-order valence-corrected chi connectivity index (χ1v) is 6.86. The molecule has 0 saturated carbocycles. The quantitative estimate of drug-likeness (QED) is 0.405. The standard InChI is InChI=1S/C13H16N6O4/c1-2-3-15-13-18-7-10(14)16-5-17-11(7)19(13)12-9(22)8(21)6(4-20)23-12/h1,5-6,8-9,12,20-22H,3-4H2,(H,15,18)(H2,14,16,17)/t6-,8?,9?,12-/m1/s1. The molecule has 0 spiro atoms. The Morgan fingerprint density at radius 1 is 1.39 bits per heavy atom. The Balaban J connectivity index is 2.11. The van der Waals surface area contributed by atoms with Crippen LogP contribution < -0.4 is 11.1 Å². The average Bonchev–Trinajstić information content (AvgIpc) is 3.05. The molecule has 1 saturated heterocycles. The smallest absolute Gasteiger partial charge is 0.208 e. The highest BCUT2D eigenvalue weighted by Gasteiger charge is 2.45. The molecule has 3 heterocycles. The normalized spacial score (nSPS) is 27.2. The fourth-order valence-corrected chi connectivity index (χ4v) is 2.52. The van der Waals surface area contributed by atoms with Gasteiger partial charge in [0.1, 0.15) is 24.6 Å². The van der Waals surface area contributed by atoms with Gasteiger partial charge >= 0.3 is 0 Å². The first kappa shape index (κ1) is 15.4. The van der Waals surface area contributed by atoms with Gasteiger partial charge in [-0.1, -0.05) is 5.92 Å². The number of aliphatic hydroxyl groups is 3. The van der Waals surface area contributed by atoms with Gasteiger partial charge in [-0.05, 0) is 0 Å². The number of aliphatic hydroxyl groups excluding tert-OH is 3. The monoisotopic (exact) mass is 320 g/mol. The second-order valence-corrected chi connectivity index (χ2v) is 5.02. The van der Waals surface area contributed by atoms with Gasteiger partial charge in [0.2, 0.25) is 5.95 Å². The van der Waals surface area contributed by atoms with Crippen molar-refractivity contribution < 1.29 is 20.1 Å². The second kappa shape index (κ2) is 5.98. The first-order chi connectivity index (χ1) is 11.1. The number of aromatic nitrogens is 4. The summed E-state index contributed by atoms with van der Waals surface area (Å²) in [7, 11) is 0. The third-order valence-electron chi connectivity index (χ3n) is 3.63. The van der Waals surface area contributed by atoms with E-state index in [1.54, 1.807) is 0 Å². The van der Waals surface area contributed by atoms with E-state index in [1.165, 1.54) is 10.9 Å². The number of hydrogen-bond acceptors (Lipinski definition) is 9. The summed E-state index contributed by atoms with van der Waals surface area (Å²) in [5.41, 5.74) is 6.42. The molecule has 0 radical (unpaired) electrons. The van der Waals surface area contributed by atoms with Gasteiger partial charge in [-0.3, -0.25) is 4.57 Å². The summed E-state index contributed by atoms with van der Waals surface area (Å²) in [5, 5.41) is 32.3. The molecule has 122 valence electrons. The predicted octanol–water partition coefficient (Wildman–Crippen LogP) is -1.93. The van der Waals surface area contributed by atoms with Crippen molar-refractivity contribution in [1.82, 2.24) is 19.5 Å². The largest absolute Gasteiger partial charge is 0.394 e. The lowest BCUT2D eigenvalue weighted by molar-refractivity contribution is -0.0501. The number of hydrogen-bond donors (Lipinski definition) is 5. The minimum atomic E-state index is -1.29. The molecule has 23 heavy (non-hydrogen) atoms. The molecule has 2 aromatic heterocycles. The van der Waals surface area contributed by atoms with E-state index in [-0.39, 0.29) is 18.3 Å². The fraction of sp³-hybridized carbons (Fsp3) is 0.462. The van der Waals surface area contributed by atoms with Crippen LogP contribution in [0.3, 0.4) is 0 Å². The van der Waals surface area contributed by atoms with E-state index in [9.17, 15) is 15.3 Å². The van der Waals surface area contributed by atoms with Crippen molar-refractivity contribution in [3.63, 3.8) is 0 Å². The summed E-state index contributed by atoms with van der Waals surface area (Å²) in [6, 6.07) is 0. The lowest BCUT2D eigenvalue weighted by Crippen LogP contribution is -2.33. The van der Waals surface area contributed by atoms with Gasteiger partial charge in [0, 0.05) is 0 Å². The van der Waals surface area contributed by atoms with Gasteiger partial charge in [0.15, 0.2) is 23.2 Å². The lowest BCUT2D eigenvalue weighted by Gasteiger charge is -2.19. The Kier molecular flexibility index (Phi) is 4.01. The topological polar surface area (TPSA) is 152 Å². The van der Waals surface area contributed by atoms with Crippen LogP contribution in [0.4, 0.5) is 11.8 Å². The SMILES string of the molecule is C#CCNc1nc2c(N)ncnc2n1[C@@H]1O[C@H](CO)C(O)C1O. The minimum absolute atomic E-state index is 0.157. The van der Waals surface area contributed by atoms with Crippen LogP contribution in [0.25, 0.3) is 11.2 Å². The summed E-state index contributed by atoms with van der Waals surface area (Å²) in [5.74, 6) is 2.83. The Morgan fingerprint density at radius 2 is 2.17 bits per heavy atom. The van der Waals surface area contributed by atoms with Crippen LogP contribution >= 0.6 is 0 Å². The van der Waals surface area contributed by atoms with Crippen molar-refractivity contribution in [2.75, 3.05) is 24.2 Å². The Labute approximate surface area is 130 Å². The molecule has 6 N–H and O–H groups in total. The van der Waals surface area contributed by atoms with E-state index in [4.69, 9.17) is 16.9 Å². The summed E-state index contributed by atoms with van der Waals surface area (Å²) >= 11 is 0. The number of fused-ring (bicyclic) bond motifs is 1. The number of rotatable bonds is 4. The van der Waals surface area contributed by atoms with Crippen LogP contribution in [0, 0.1) is 12.3 Å². The van der Waals surface area contributed by atoms with Crippen LogP contribution in [0.1, 0.15) is 6.23 Å². The van der Waals surface area contributed by atoms with E-state index < -0.39 is 31.1 Å². The number of terminal acetylenes is 1. The summed E-state index contributed by atoms with van der Waals surface area (Å²) in [4.78, 5) is 12.2. The van der Waals surface area contributed by atoms with Crippen LogP contribution in [0.5, 0.6) is 0 Å². The second-order valence-electron chi connectivity index (χ2n) is 5.02. The maximum Gasteiger partial charge on any atom is 0.208 e. The Bertz CT molecular complexity index is 757. The Morgan fingerprint density at radius 3 is 2.83 bits per heavy atom. The van der Waals surface area contributed by atoms with E-state index >= 15 is 0 Å². The number of imidazole rings is 1. The molecule has 10 nitrogen and oxygen atoms in total. The lowest BCUT2D eigenvalue weighted by atomic mass is 10.1. The van der Waals surface area contributed by atoms with Crippen molar-refractivity contribution in [2.24, 2.45) is 0 Å². The number of nitrogen functional groups attached to an aromatic ring is 1. The Hall–Kier alpha value is -2.45. The molecule has 1 aliphatic heterocycles. The summed E-state index contributed by atoms with van der Waals surface area (Å²) in [6.45, 7) is -0.267. The van der Waals surface area contributed by atoms with Crippen molar-refractivity contribution in [1.29, 1.82) is 0 Å². The van der Waals surface area contributed by atoms with E-state index in [0.29, 0.717) is 11.2 Å². The van der Waals surface area contributed by atoms with Crippen LogP contribution in [0.15, 0.2) is 6.33 Å².